The molecule has 1 aliphatic rings. The maximum Gasteiger partial charge on any atom is 0.416 e. The third-order valence-corrected chi connectivity index (χ3v) is 3.39. The monoisotopic (exact) mass is 263 g/mol. The molecular weight excluding hydrogens is 251 g/mol. The van der Waals surface area contributed by atoms with E-state index in [2.05, 4.69) is 5.32 Å². The number of hydrogen-bond donors (Lipinski definition) is 1. The van der Waals surface area contributed by atoms with Crippen LogP contribution in [0.5, 0.6) is 0 Å². The van der Waals surface area contributed by atoms with Crippen LogP contribution in [0.1, 0.15) is 29.9 Å². The van der Waals surface area contributed by atoms with Gasteiger partial charge in [-0.15, -0.1) is 0 Å². The number of rotatable bonds is 1. The fraction of sp³-hybridized carbons (Fsp3) is 0.500. The first-order valence-corrected chi connectivity index (χ1v) is 5.93. The quantitative estimate of drug-likeness (QED) is 0.812. The standard InChI is InChI=1S/C12H13ClF3N/c13-11-6-9(12(14,15)16)3-4-10(11)8-2-1-5-17-7-8/h3-4,6,8,17H,1-2,5,7H2. The van der Waals surface area contributed by atoms with Crippen LogP contribution in [0.3, 0.4) is 0 Å². The van der Waals surface area contributed by atoms with E-state index in [-0.39, 0.29) is 10.9 Å². The Bertz CT molecular complexity index is 397. The summed E-state index contributed by atoms with van der Waals surface area (Å²) in [6.07, 6.45) is -2.33. The van der Waals surface area contributed by atoms with Gasteiger partial charge in [0.05, 0.1) is 5.56 Å². The molecule has 2 rings (SSSR count). The van der Waals surface area contributed by atoms with E-state index in [0.29, 0.717) is 0 Å². The van der Waals surface area contributed by atoms with Crippen LogP contribution in [0, 0.1) is 0 Å². The molecule has 0 amide bonds. The molecule has 1 aliphatic heterocycles. The molecule has 1 nitrogen and oxygen atoms in total. The zero-order valence-electron chi connectivity index (χ0n) is 9.15. The molecule has 0 bridgehead atoms. The van der Waals surface area contributed by atoms with Gasteiger partial charge in [-0.1, -0.05) is 17.7 Å². The summed E-state index contributed by atoms with van der Waals surface area (Å²) in [6, 6.07) is 3.63. The molecule has 1 unspecified atom stereocenters. The van der Waals surface area contributed by atoms with Crippen molar-refractivity contribution >= 4 is 11.6 Å². The first-order valence-electron chi connectivity index (χ1n) is 5.56. The van der Waals surface area contributed by atoms with Gasteiger partial charge in [-0.05, 0) is 43.0 Å². The third-order valence-electron chi connectivity index (χ3n) is 3.06. The maximum atomic E-state index is 12.5. The summed E-state index contributed by atoms with van der Waals surface area (Å²) in [7, 11) is 0. The van der Waals surface area contributed by atoms with Crippen LogP contribution in [-0.4, -0.2) is 13.1 Å². The Balaban J connectivity index is 2.25. The highest BCUT2D eigenvalue weighted by atomic mass is 35.5. The van der Waals surface area contributed by atoms with Crippen molar-refractivity contribution in [3.63, 3.8) is 0 Å². The minimum absolute atomic E-state index is 0.216. The summed E-state index contributed by atoms with van der Waals surface area (Å²) in [5.41, 5.74) is 0.127. The smallest absolute Gasteiger partial charge is 0.316 e. The van der Waals surface area contributed by atoms with Gasteiger partial charge in [-0.3, -0.25) is 0 Å². The molecule has 1 atom stereocenters. The topological polar surface area (TPSA) is 12.0 Å². The largest absolute Gasteiger partial charge is 0.416 e. The number of hydrogen-bond acceptors (Lipinski definition) is 1. The zero-order chi connectivity index (χ0) is 12.5. The summed E-state index contributed by atoms with van der Waals surface area (Å²) in [6.45, 7) is 1.75. The highest BCUT2D eigenvalue weighted by Gasteiger charge is 2.31. The lowest BCUT2D eigenvalue weighted by Crippen LogP contribution is -2.28. The van der Waals surface area contributed by atoms with Crippen LogP contribution in [0.25, 0.3) is 0 Å². The van der Waals surface area contributed by atoms with Crippen LogP contribution in [0.4, 0.5) is 13.2 Å². The summed E-state index contributed by atoms with van der Waals surface area (Å²) in [5.74, 6) is 0.221. The van der Waals surface area contributed by atoms with Gasteiger partial charge in [-0.2, -0.15) is 13.2 Å². The Hall–Kier alpha value is -0.740. The van der Waals surface area contributed by atoms with Crippen LogP contribution in [-0.2, 0) is 6.18 Å². The van der Waals surface area contributed by atoms with Crippen LogP contribution in [0.15, 0.2) is 18.2 Å². The van der Waals surface area contributed by atoms with E-state index < -0.39 is 11.7 Å². The lowest BCUT2D eigenvalue weighted by Gasteiger charge is -2.24. The normalized spacial score (nSPS) is 21.5. The highest BCUT2D eigenvalue weighted by Crippen LogP contribution is 2.35. The molecule has 1 saturated heterocycles. The van der Waals surface area contributed by atoms with Crippen molar-refractivity contribution in [3.05, 3.63) is 34.3 Å². The number of halogens is 4. The Morgan fingerprint density at radius 1 is 1.29 bits per heavy atom. The van der Waals surface area contributed by atoms with Gasteiger partial charge in [0, 0.05) is 11.6 Å². The van der Waals surface area contributed by atoms with Crippen molar-refractivity contribution in [2.75, 3.05) is 13.1 Å². The summed E-state index contributed by atoms with van der Waals surface area (Å²) < 4.78 is 37.4. The number of piperidine rings is 1. The number of nitrogens with one attached hydrogen (secondary N) is 1. The Morgan fingerprint density at radius 3 is 2.59 bits per heavy atom. The van der Waals surface area contributed by atoms with E-state index in [0.717, 1.165) is 43.6 Å². The average Bonchev–Trinajstić information content (AvgIpc) is 2.29. The first-order chi connectivity index (χ1) is 7.98. The summed E-state index contributed by atoms with van der Waals surface area (Å²) >= 11 is 5.94. The zero-order valence-corrected chi connectivity index (χ0v) is 9.91. The Morgan fingerprint density at radius 2 is 2.06 bits per heavy atom. The van der Waals surface area contributed by atoms with Crippen molar-refractivity contribution in [1.29, 1.82) is 0 Å². The van der Waals surface area contributed by atoms with Gasteiger partial charge >= 0.3 is 6.18 Å². The molecule has 1 N–H and O–H groups in total. The molecule has 0 saturated carbocycles. The fourth-order valence-electron chi connectivity index (χ4n) is 2.15. The minimum atomic E-state index is -4.33. The molecule has 1 heterocycles. The summed E-state index contributed by atoms with van der Waals surface area (Å²) in [5, 5.41) is 3.44. The van der Waals surface area contributed by atoms with E-state index >= 15 is 0 Å². The molecule has 1 fully saturated rings. The lowest BCUT2D eigenvalue weighted by molar-refractivity contribution is -0.137. The molecule has 17 heavy (non-hydrogen) atoms. The van der Waals surface area contributed by atoms with Gasteiger partial charge in [0.2, 0.25) is 0 Å². The predicted octanol–water partition coefficient (Wildman–Crippen LogP) is 3.83. The van der Waals surface area contributed by atoms with E-state index in [4.69, 9.17) is 11.6 Å². The molecule has 5 heteroatoms. The van der Waals surface area contributed by atoms with Gasteiger partial charge in [0.1, 0.15) is 0 Å². The van der Waals surface area contributed by atoms with Gasteiger partial charge in [0.25, 0.3) is 0 Å². The Labute approximate surface area is 103 Å². The predicted molar refractivity (Wildman–Crippen MR) is 61.3 cm³/mol. The van der Waals surface area contributed by atoms with E-state index in [1.807, 2.05) is 0 Å². The van der Waals surface area contributed by atoms with Crippen LogP contribution < -0.4 is 5.32 Å². The second-order valence-electron chi connectivity index (χ2n) is 4.28. The van der Waals surface area contributed by atoms with Crippen LogP contribution in [0.2, 0.25) is 5.02 Å². The molecule has 1 aromatic rings. The second-order valence-corrected chi connectivity index (χ2v) is 4.68. The molecule has 0 aliphatic carbocycles. The molecule has 94 valence electrons. The molecule has 1 aromatic carbocycles. The number of benzene rings is 1. The fourth-order valence-corrected chi connectivity index (χ4v) is 2.49. The van der Waals surface area contributed by atoms with Gasteiger partial charge in [-0.25, -0.2) is 0 Å². The average molecular weight is 264 g/mol. The van der Waals surface area contributed by atoms with Crippen LogP contribution >= 0.6 is 11.6 Å². The third kappa shape index (κ3) is 2.93. The molecule has 0 aromatic heterocycles. The first kappa shape index (κ1) is 12.7. The Kier molecular flexibility index (Phi) is 3.64. The SMILES string of the molecule is FC(F)(F)c1ccc(C2CCCNC2)c(Cl)c1. The maximum absolute atomic E-state index is 12.5. The minimum Gasteiger partial charge on any atom is -0.316 e. The van der Waals surface area contributed by atoms with Crippen molar-refractivity contribution in [1.82, 2.24) is 5.32 Å². The molecule has 0 radical (unpaired) electrons. The highest BCUT2D eigenvalue weighted by molar-refractivity contribution is 6.31. The van der Waals surface area contributed by atoms with E-state index in [1.54, 1.807) is 0 Å². The van der Waals surface area contributed by atoms with Crippen molar-refractivity contribution < 1.29 is 13.2 Å². The van der Waals surface area contributed by atoms with E-state index in [9.17, 15) is 13.2 Å². The van der Waals surface area contributed by atoms with Gasteiger partial charge < -0.3 is 5.32 Å². The second kappa shape index (κ2) is 4.86. The summed E-state index contributed by atoms with van der Waals surface area (Å²) in [4.78, 5) is 0. The molecule has 0 spiro atoms. The van der Waals surface area contributed by atoms with Crippen molar-refractivity contribution in [2.45, 2.75) is 24.9 Å². The molecular formula is C12H13ClF3N. The lowest BCUT2D eigenvalue weighted by atomic mass is 9.91. The van der Waals surface area contributed by atoms with Gasteiger partial charge in [0.15, 0.2) is 0 Å². The van der Waals surface area contributed by atoms with Crippen molar-refractivity contribution in [2.24, 2.45) is 0 Å². The van der Waals surface area contributed by atoms with Crippen molar-refractivity contribution in [3.8, 4) is 0 Å². The number of alkyl halides is 3. The van der Waals surface area contributed by atoms with E-state index in [1.165, 1.54) is 6.07 Å².